The average molecular weight is 392 g/mol. The lowest BCUT2D eigenvalue weighted by Crippen LogP contribution is -2.50. The maximum Gasteiger partial charge on any atom is 0.322 e. The van der Waals surface area contributed by atoms with Gasteiger partial charge in [0, 0.05) is 44.6 Å². The van der Waals surface area contributed by atoms with Gasteiger partial charge in [-0.25, -0.2) is 14.8 Å². The van der Waals surface area contributed by atoms with Gasteiger partial charge in [-0.1, -0.05) is 12.1 Å². The Labute approximate surface area is 169 Å². The molecule has 1 fully saturated rings. The Bertz CT molecular complexity index is 981. The van der Waals surface area contributed by atoms with Crippen LogP contribution in [0, 0.1) is 6.92 Å². The van der Waals surface area contributed by atoms with Crippen LogP contribution in [0.25, 0.3) is 5.82 Å². The molecule has 1 N–H and O–H groups in total. The molecule has 1 saturated heterocycles. The molecular weight excluding hydrogens is 368 g/mol. The van der Waals surface area contributed by atoms with E-state index in [1.165, 1.54) is 0 Å². The summed E-state index contributed by atoms with van der Waals surface area (Å²) < 4.78 is 7.27. The quantitative estimate of drug-likeness (QED) is 0.739. The number of hydrogen-bond acceptors (Lipinski definition) is 5. The second-order valence-corrected chi connectivity index (χ2v) is 6.83. The van der Waals surface area contributed by atoms with Gasteiger partial charge in [0.25, 0.3) is 0 Å². The molecule has 1 aromatic carbocycles. The minimum absolute atomic E-state index is 0.124. The highest BCUT2D eigenvalue weighted by atomic mass is 16.5. The Balaban J connectivity index is 1.41. The van der Waals surface area contributed by atoms with E-state index < -0.39 is 0 Å². The minimum Gasteiger partial charge on any atom is -0.495 e. The van der Waals surface area contributed by atoms with Crippen LogP contribution in [0.4, 0.5) is 16.3 Å². The topological polar surface area (TPSA) is 75.5 Å². The minimum atomic E-state index is -0.124. The molecule has 3 heterocycles. The van der Waals surface area contributed by atoms with Crippen LogP contribution in [0.3, 0.4) is 0 Å². The van der Waals surface area contributed by atoms with Crippen molar-refractivity contribution in [2.45, 2.75) is 6.92 Å². The molecule has 0 aliphatic carbocycles. The number of nitrogens with zero attached hydrogens (tertiary/aromatic N) is 5. The van der Waals surface area contributed by atoms with Gasteiger partial charge in [0.2, 0.25) is 0 Å². The Morgan fingerprint density at radius 3 is 2.41 bits per heavy atom. The third-order valence-electron chi connectivity index (χ3n) is 4.92. The van der Waals surface area contributed by atoms with E-state index in [2.05, 4.69) is 20.2 Å². The van der Waals surface area contributed by atoms with Crippen LogP contribution in [0.15, 0.2) is 54.9 Å². The first-order valence-corrected chi connectivity index (χ1v) is 9.57. The molecule has 2 aromatic heterocycles. The highest BCUT2D eigenvalue weighted by Crippen LogP contribution is 2.24. The van der Waals surface area contributed by atoms with E-state index >= 15 is 0 Å². The number of methoxy groups -OCH3 is 1. The Morgan fingerprint density at radius 1 is 1.00 bits per heavy atom. The van der Waals surface area contributed by atoms with Crippen molar-refractivity contribution in [3.05, 3.63) is 60.7 Å². The highest BCUT2D eigenvalue weighted by molar-refractivity contribution is 5.91. The first-order valence-electron chi connectivity index (χ1n) is 9.57. The van der Waals surface area contributed by atoms with Crippen molar-refractivity contribution in [3.8, 4) is 11.6 Å². The summed E-state index contributed by atoms with van der Waals surface area (Å²) in [5, 5.41) is 2.94. The second kappa shape index (κ2) is 8.22. The molecule has 2 amide bonds. The molecule has 1 aliphatic heterocycles. The number of carbonyl (C=O) groups excluding carboxylic acids is 1. The number of aryl methyl sites for hydroxylation is 1. The predicted octanol–water partition coefficient (Wildman–Crippen LogP) is 2.94. The van der Waals surface area contributed by atoms with Gasteiger partial charge in [-0.15, -0.1) is 0 Å². The van der Waals surface area contributed by atoms with Crippen LogP contribution in [0.5, 0.6) is 5.75 Å². The molecule has 150 valence electrons. The summed E-state index contributed by atoms with van der Waals surface area (Å²) >= 11 is 0. The Morgan fingerprint density at radius 2 is 1.69 bits per heavy atom. The molecule has 0 atom stereocenters. The highest BCUT2D eigenvalue weighted by Gasteiger charge is 2.23. The van der Waals surface area contributed by atoms with Crippen LogP contribution in [-0.2, 0) is 0 Å². The summed E-state index contributed by atoms with van der Waals surface area (Å²) in [6.45, 7) is 4.54. The van der Waals surface area contributed by atoms with Crippen LogP contribution in [-0.4, -0.2) is 58.8 Å². The fourth-order valence-electron chi connectivity index (χ4n) is 3.40. The fourth-order valence-corrected chi connectivity index (χ4v) is 3.40. The maximum atomic E-state index is 12.7. The maximum absolute atomic E-state index is 12.7. The molecule has 1 aliphatic rings. The van der Waals surface area contributed by atoms with Gasteiger partial charge in [-0.05, 0) is 31.2 Å². The van der Waals surface area contributed by atoms with E-state index in [0.29, 0.717) is 37.6 Å². The molecule has 3 aromatic rings. The zero-order valence-corrected chi connectivity index (χ0v) is 16.6. The smallest absolute Gasteiger partial charge is 0.322 e. The summed E-state index contributed by atoms with van der Waals surface area (Å²) in [6, 6.07) is 13.2. The first-order chi connectivity index (χ1) is 14.1. The number of aromatic nitrogens is 3. The summed E-state index contributed by atoms with van der Waals surface area (Å²) in [4.78, 5) is 25.8. The van der Waals surface area contributed by atoms with Gasteiger partial charge >= 0.3 is 6.03 Å². The van der Waals surface area contributed by atoms with E-state index in [1.54, 1.807) is 7.11 Å². The summed E-state index contributed by atoms with van der Waals surface area (Å²) in [6.07, 6.45) is 3.93. The van der Waals surface area contributed by atoms with Gasteiger partial charge in [0.1, 0.15) is 23.2 Å². The lowest BCUT2D eigenvalue weighted by molar-refractivity contribution is 0.208. The van der Waals surface area contributed by atoms with E-state index in [0.717, 1.165) is 17.5 Å². The van der Waals surface area contributed by atoms with Crippen LogP contribution in [0.2, 0.25) is 0 Å². The van der Waals surface area contributed by atoms with Crippen molar-refractivity contribution in [1.82, 2.24) is 19.4 Å². The summed E-state index contributed by atoms with van der Waals surface area (Å²) in [7, 11) is 1.59. The van der Waals surface area contributed by atoms with E-state index in [9.17, 15) is 4.79 Å². The van der Waals surface area contributed by atoms with Crippen molar-refractivity contribution in [3.63, 3.8) is 0 Å². The van der Waals surface area contributed by atoms with Crippen molar-refractivity contribution in [2.75, 3.05) is 43.5 Å². The van der Waals surface area contributed by atoms with E-state index in [-0.39, 0.29) is 6.03 Å². The third-order valence-corrected chi connectivity index (χ3v) is 4.92. The SMILES string of the molecule is COc1ccccc1NC(=O)N1CCN(c2cc(-n3cccc3)nc(C)n2)CC1. The number of carbonyl (C=O) groups is 1. The van der Waals surface area contributed by atoms with Crippen molar-refractivity contribution >= 4 is 17.5 Å². The van der Waals surface area contributed by atoms with Crippen LogP contribution >= 0.6 is 0 Å². The fraction of sp³-hybridized carbons (Fsp3) is 0.286. The van der Waals surface area contributed by atoms with Crippen molar-refractivity contribution < 1.29 is 9.53 Å². The molecule has 4 rings (SSSR count). The second-order valence-electron chi connectivity index (χ2n) is 6.83. The number of anilines is 2. The van der Waals surface area contributed by atoms with Crippen LogP contribution < -0.4 is 15.0 Å². The number of ether oxygens (including phenoxy) is 1. The molecule has 0 bridgehead atoms. The largest absolute Gasteiger partial charge is 0.495 e. The monoisotopic (exact) mass is 392 g/mol. The van der Waals surface area contributed by atoms with Crippen molar-refractivity contribution in [2.24, 2.45) is 0 Å². The molecule has 8 nitrogen and oxygen atoms in total. The number of rotatable bonds is 4. The number of amides is 2. The molecule has 0 radical (unpaired) electrons. The number of nitrogens with one attached hydrogen (secondary N) is 1. The Kier molecular flexibility index (Phi) is 5.33. The molecule has 8 heteroatoms. The van der Waals surface area contributed by atoms with Crippen LogP contribution in [0.1, 0.15) is 5.82 Å². The van der Waals surface area contributed by atoms with Gasteiger partial charge in [0.15, 0.2) is 0 Å². The van der Waals surface area contributed by atoms with Gasteiger partial charge in [-0.2, -0.15) is 0 Å². The third kappa shape index (κ3) is 4.16. The molecule has 29 heavy (non-hydrogen) atoms. The van der Waals surface area contributed by atoms with Gasteiger partial charge < -0.3 is 24.4 Å². The Hall–Kier alpha value is -3.55. The lowest BCUT2D eigenvalue weighted by Gasteiger charge is -2.35. The van der Waals surface area contributed by atoms with Gasteiger partial charge in [-0.3, -0.25) is 0 Å². The van der Waals surface area contributed by atoms with E-state index in [4.69, 9.17) is 4.74 Å². The average Bonchev–Trinajstić information content (AvgIpc) is 3.29. The van der Waals surface area contributed by atoms with Crippen molar-refractivity contribution in [1.29, 1.82) is 0 Å². The number of piperazine rings is 1. The lowest BCUT2D eigenvalue weighted by atomic mass is 10.3. The number of urea groups is 1. The molecule has 0 saturated carbocycles. The predicted molar refractivity (Wildman–Crippen MR) is 112 cm³/mol. The number of benzene rings is 1. The standard InChI is InChI=1S/C21H24N6O2/c1-16-22-19(25-9-5-6-10-25)15-20(23-16)26-11-13-27(14-12-26)21(28)24-17-7-3-4-8-18(17)29-2/h3-10,15H,11-14H2,1-2H3,(H,24,28). The molecular formula is C21H24N6O2. The molecule has 0 unspecified atom stereocenters. The summed E-state index contributed by atoms with van der Waals surface area (Å²) in [5.41, 5.74) is 0.671. The zero-order chi connectivity index (χ0) is 20.2. The normalized spacial score (nSPS) is 14.0. The summed E-state index contributed by atoms with van der Waals surface area (Å²) in [5.74, 6) is 3.09. The van der Waals surface area contributed by atoms with E-state index in [1.807, 2.05) is 71.2 Å². The first kappa shape index (κ1) is 18.8. The molecule has 0 spiro atoms. The van der Waals surface area contributed by atoms with Gasteiger partial charge in [0.05, 0.1) is 12.8 Å². The number of hydrogen-bond donors (Lipinski definition) is 1. The number of para-hydroxylation sites is 2. The zero-order valence-electron chi connectivity index (χ0n) is 16.6.